The molecule has 48 heavy (non-hydrogen) atoms. The van der Waals surface area contributed by atoms with Gasteiger partial charge in [0.15, 0.2) is 0 Å². The first-order chi connectivity index (χ1) is 23.8. The Morgan fingerprint density at radius 2 is 1.06 bits per heavy atom. The molecular weight excluding hydrogens is 585 g/mol. The van der Waals surface area contributed by atoms with Gasteiger partial charge >= 0.3 is 0 Å². The van der Waals surface area contributed by atoms with Crippen LogP contribution in [-0.2, 0) is 6.54 Å². The lowest BCUT2D eigenvalue weighted by Crippen LogP contribution is -2.10. The van der Waals surface area contributed by atoms with Crippen LogP contribution in [0, 0.1) is 0 Å². The van der Waals surface area contributed by atoms with Gasteiger partial charge in [-0.1, -0.05) is 103 Å². The van der Waals surface area contributed by atoms with Crippen molar-refractivity contribution < 1.29 is 0 Å². The molecule has 0 saturated carbocycles. The molecule has 4 heteroatoms. The van der Waals surface area contributed by atoms with Crippen molar-refractivity contribution in [3.8, 4) is 22.5 Å². The van der Waals surface area contributed by atoms with Crippen LogP contribution in [0.1, 0.15) is 6.92 Å². The lowest BCUT2D eigenvalue weighted by atomic mass is 10.0. The Morgan fingerprint density at radius 1 is 0.479 bits per heavy atom. The van der Waals surface area contributed by atoms with Gasteiger partial charge < -0.3 is 9.47 Å². The Bertz CT molecular complexity index is 2600. The first kappa shape index (κ1) is 28.0. The van der Waals surface area contributed by atoms with Gasteiger partial charge in [0.05, 0.1) is 28.1 Å². The van der Waals surface area contributed by atoms with E-state index < -0.39 is 0 Å². The third-order valence-electron chi connectivity index (χ3n) is 9.35. The number of anilines is 3. The molecule has 0 amide bonds. The van der Waals surface area contributed by atoms with Crippen LogP contribution in [0.3, 0.4) is 0 Å². The fraction of sp³-hybridized carbons (Fsp3) is 0.0455. The van der Waals surface area contributed by atoms with Crippen molar-refractivity contribution in [2.75, 3.05) is 4.90 Å². The van der Waals surface area contributed by atoms with Gasteiger partial charge in [-0.3, -0.25) is 0 Å². The monoisotopic (exact) mass is 616 g/mol. The van der Waals surface area contributed by atoms with E-state index in [1.807, 2.05) is 24.3 Å². The summed E-state index contributed by atoms with van der Waals surface area (Å²) in [5.74, 6) is 0. The van der Waals surface area contributed by atoms with Crippen LogP contribution in [-0.4, -0.2) is 14.5 Å². The molecule has 7 aromatic carbocycles. The molecule has 9 rings (SSSR count). The fourth-order valence-electron chi connectivity index (χ4n) is 7.12. The van der Waals surface area contributed by atoms with E-state index in [9.17, 15) is 0 Å². The van der Waals surface area contributed by atoms with Gasteiger partial charge in [-0.05, 0) is 73.0 Å². The van der Waals surface area contributed by atoms with E-state index in [2.05, 4.69) is 156 Å². The van der Waals surface area contributed by atoms with Crippen molar-refractivity contribution in [2.45, 2.75) is 13.5 Å². The number of nitrogens with zero attached hydrogens (tertiary/aromatic N) is 4. The third-order valence-corrected chi connectivity index (χ3v) is 9.35. The number of para-hydroxylation sites is 4. The van der Waals surface area contributed by atoms with Gasteiger partial charge in [0.2, 0.25) is 0 Å². The quantitative estimate of drug-likeness (QED) is 0.186. The number of benzene rings is 7. The molecule has 0 aliphatic carbocycles. The molecule has 0 N–H and O–H groups in total. The van der Waals surface area contributed by atoms with E-state index in [0.29, 0.717) is 0 Å². The van der Waals surface area contributed by atoms with Crippen molar-refractivity contribution in [3.63, 3.8) is 0 Å². The summed E-state index contributed by atoms with van der Waals surface area (Å²) in [7, 11) is 0. The van der Waals surface area contributed by atoms with E-state index in [1.54, 1.807) is 0 Å². The zero-order chi connectivity index (χ0) is 32.0. The molecule has 0 spiro atoms. The minimum Gasteiger partial charge on any atom is -0.341 e. The normalized spacial score (nSPS) is 11.5. The number of hydrogen-bond donors (Lipinski definition) is 0. The smallest absolute Gasteiger partial charge is 0.0973 e. The Kier molecular flexibility index (Phi) is 6.72. The molecule has 0 unspecified atom stereocenters. The van der Waals surface area contributed by atoms with E-state index in [-0.39, 0.29) is 0 Å². The SMILES string of the molecule is CCn1c2ccccc2c2cc(-c3nc4ccccc4nc3-c3ccc(N(c4ccccc4)c4cccc5ccccc45)cc3)ccc21. The summed E-state index contributed by atoms with van der Waals surface area (Å²) in [6.07, 6.45) is 0. The maximum Gasteiger partial charge on any atom is 0.0973 e. The van der Waals surface area contributed by atoms with Gasteiger partial charge in [0.25, 0.3) is 0 Å². The number of aromatic nitrogens is 3. The van der Waals surface area contributed by atoms with E-state index in [4.69, 9.17) is 9.97 Å². The molecule has 0 bridgehead atoms. The Balaban J connectivity index is 1.21. The summed E-state index contributed by atoms with van der Waals surface area (Å²) in [6.45, 7) is 3.12. The van der Waals surface area contributed by atoms with Crippen LogP contribution in [0.5, 0.6) is 0 Å². The second-order valence-electron chi connectivity index (χ2n) is 12.1. The van der Waals surface area contributed by atoms with Gasteiger partial charge in [0.1, 0.15) is 0 Å². The lowest BCUT2D eigenvalue weighted by molar-refractivity contribution is 0.827. The van der Waals surface area contributed by atoms with Crippen LogP contribution in [0.15, 0.2) is 164 Å². The zero-order valence-corrected chi connectivity index (χ0v) is 26.6. The highest BCUT2D eigenvalue weighted by Gasteiger charge is 2.19. The summed E-state index contributed by atoms with van der Waals surface area (Å²) < 4.78 is 2.38. The van der Waals surface area contributed by atoms with Gasteiger partial charge in [0, 0.05) is 56.2 Å². The van der Waals surface area contributed by atoms with Crippen LogP contribution in [0.25, 0.3) is 66.1 Å². The van der Waals surface area contributed by atoms with E-state index in [0.717, 1.165) is 57.2 Å². The molecule has 0 saturated heterocycles. The maximum atomic E-state index is 5.24. The predicted octanol–water partition coefficient (Wildman–Crippen LogP) is 11.7. The molecule has 2 aromatic heterocycles. The molecule has 0 aliphatic heterocycles. The zero-order valence-electron chi connectivity index (χ0n) is 26.6. The number of hydrogen-bond acceptors (Lipinski definition) is 3. The first-order valence-corrected chi connectivity index (χ1v) is 16.5. The van der Waals surface area contributed by atoms with Gasteiger partial charge in [-0.2, -0.15) is 0 Å². The van der Waals surface area contributed by atoms with Crippen molar-refractivity contribution in [1.29, 1.82) is 0 Å². The second-order valence-corrected chi connectivity index (χ2v) is 12.1. The largest absolute Gasteiger partial charge is 0.341 e. The maximum absolute atomic E-state index is 5.24. The number of rotatable bonds is 6. The van der Waals surface area contributed by atoms with Crippen molar-refractivity contribution >= 4 is 60.7 Å². The average molecular weight is 617 g/mol. The molecule has 9 aromatic rings. The lowest BCUT2D eigenvalue weighted by Gasteiger charge is -2.27. The molecule has 0 radical (unpaired) electrons. The van der Waals surface area contributed by atoms with Crippen LogP contribution < -0.4 is 4.90 Å². The summed E-state index contributed by atoms with van der Waals surface area (Å²) in [4.78, 5) is 12.8. The molecular formula is C44H32N4. The summed E-state index contributed by atoms with van der Waals surface area (Å²) in [6, 6.07) is 57.9. The summed E-state index contributed by atoms with van der Waals surface area (Å²) in [5.41, 5.74) is 11.4. The Morgan fingerprint density at radius 3 is 1.83 bits per heavy atom. The fourth-order valence-corrected chi connectivity index (χ4v) is 7.12. The van der Waals surface area contributed by atoms with Crippen LogP contribution in [0.2, 0.25) is 0 Å². The van der Waals surface area contributed by atoms with Crippen molar-refractivity contribution in [2.24, 2.45) is 0 Å². The summed E-state index contributed by atoms with van der Waals surface area (Å²) in [5, 5.41) is 4.90. The molecule has 4 nitrogen and oxygen atoms in total. The van der Waals surface area contributed by atoms with Crippen molar-refractivity contribution in [3.05, 3.63) is 164 Å². The van der Waals surface area contributed by atoms with Gasteiger partial charge in [-0.15, -0.1) is 0 Å². The molecule has 2 heterocycles. The van der Waals surface area contributed by atoms with Crippen molar-refractivity contribution in [1.82, 2.24) is 14.5 Å². The minimum atomic E-state index is 0.871. The highest BCUT2D eigenvalue weighted by atomic mass is 15.1. The number of aryl methyl sites for hydroxylation is 1. The number of fused-ring (bicyclic) bond motifs is 5. The topological polar surface area (TPSA) is 34.0 Å². The third kappa shape index (κ3) is 4.61. The minimum absolute atomic E-state index is 0.871. The highest BCUT2D eigenvalue weighted by Crippen LogP contribution is 2.41. The summed E-state index contributed by atoms with van der Waals surface area (Å²) >= 11 is 0. The molecule has 0 fully saturated rings. The van der Waals surface area contributed by atoms with Crippen LogP contribution in [0.4, 0.5) is 17.1 Å². The Hall–Kier alpha value is -6.26. The second kappa shape index (κ2) is 11.5. The van der Waals surface area contributed by atoms with E-state index in [1.165, 1.54) is 32.6 Å². The average Bonchev–Trinajstić information content (AvgIpc) is 3.48. The molecule has 0 aliphatic rings. The van der Waals surface area contributed by atoms with Crippen LogP contribution >= 0.6 is 0 Å². The molecule has 228 valence electrons. The van der Waals surface area contributed by atoms with Gasteiger partial charge in [-0.25, -0.2) is 9.97 Å². The highest BCUT2D eigenvalue weighted by molar-refractivity contribution is 6.09. The standard InChI is InChI=1S/C44H32N4/c1-2-47-40-21-11-8-18-36(40)37-29-32(25-28-41(37)47)44-43(45-38-19-9-10-20-39(38)46-44)31-23-26-34(27-24-31)48(33-15-4-3-5-16-33)42-22-12-14-30-13-6-7-17-35(30)42/h3-29H,2H2,1H3. The van der Waals surface area contributed by atoms with E-state index >= 15 is 0 Å². The predicted molar refractivity (Wildman–Crippen MR) is 201 cm³/mol. The molecule has 0 atom stereocenters. The first-order valence-electron chi connectivity index (χ1n) is 16.5. The Labute approximate surface area is 279 Å².